The highest BCUT2D eigenvalue weighted by molar-refractivity contribution is 6.32. The lowest BCUT2D eigenvalue weighted by atomic mass is 10.1. The van der Waals surface area contributed by atoms with E-state index in [1.807, 2.05) is 12.1 Å². The van der Waals surface area contributed by atoms with Crippen LogP contribution in [-0.2, 0) is 11.2 Å². The first-order valence-corrected chi connectivity index (χ1v) is 8.42. The van der Waals surface area contributed by atoms with Gasteiger partial charge in [0.1, 0.15) is 18.1 Å². The number of nitrogens with one attached hydrogen (secondary N) is 1. The summed E-state index contributed by atoms with van der Waals surface area (Å²) in [6, 6.07) is 15.1. The van der Waals surface area contributed by atoms with Gasteiger partial charge in [-0.05, 0) is 36.2 Å². The third-order valence-electron chi connectivity index (χ3n) is 3.35. The van der Waals surface area contributed by atoms with Crippen LogP contribution in [0.5, 0.6) is 11.5 Å². The summed E-state index contributed by atoms with van der Waals surface area (Å²) in [7, 11) is 0. The summed E-state index contributed by atoms with van der Waals surface area (Å²) in [5.74, 6) is 1.09. The normalized spacial score (nSPS) is 10.2. The smallest absolute Gasteiger partial charge is 0.258 e. The number of para-hydroxylation sites is 1. The van der Waals surface area contributed by atoms with Crippen LogP contribution in [0.25, 0.3) is 0 Å². The molecular formula is C19H22ClNO3. The molecule has 4 nitrogen and oxygen atoms in total. The van der Waals surface area contributed by atoms with Gasteiger partial charge >= 0.3 is 0 Å². The van der Waals surface area contributed by atoms with Crippen molar-refractivity contribution < 1.29 is 14.3 Å². The van der Waals surface area contributed by atoms with Crippen molar-refractivity contribution in [1.29, 1.82) is 0 Å². The van der Waals surface area contributed by atoms with Crippen LogP contribution in [0, 0.1) is 0 Å². The van der Waals surface area contributed by atoms with Crippen LogP contribution in [0.15, 0.2) is 48.5 Å². The Morgan fingerprint density at radius 3 is 2.54 bits per heavy atom. The summed E-state index contributed by atoms with van der Waals surface area (Å²) in [5, 5.41) is 3.23. The van der Waals surface area contributed by atoms with Gasteiger partial charge in [-0.15, -0.1) is 0 Å². The number of aryl methyl sites for hydroxylation is 1. The third kappa shape index (κ3) is 6.13. The number of halogens is 1. The minimum Gasteiger partial charge on any atom is -0.492 e. The lowest BCUT2D eigenvalue weighted by Gasteiger charge is -2.10. The number of hydrogen-bond donors (Lipinski definition) is 1. The largest absolute Gasteiger partial charge is 0.492 e. The quantitative estimate of drug-likeness (QED) is 0.700. The van der Waals surface area contributed by atoms with Gasteiger partial charge in [-0.2, -0.15) is 0 Å². The van der Waals surface area contributed by atoms with Gasteiger partial charge in [0, 0.05) is 0 Å². The second kappa shape index (κ2) is 9.83. The standard InChI is InChI=1S/C19H22ClNO3/c1-2-5-15-8-10-16(11-9-15)23-13-12-21-19(22)14-24-18-7-4-3-6-17(18)20/h3-4,6-11H,2,5,12-14H2,1H3,(H,21,22). The Labute approximate surface area is 147 Å². The first kappa shape index (κ1) is 18.1. The predicted octanol–water partition coefficient (Wildman–Crippen LogP) is 3.87. The fourth-order valence-electron chi connectivity index (χ4n) is 2.16. The summed E-state index contributed by atoms with van der Waals surface area (Å²) < 4.78 is 11.0. The van der Waals surface area contributed by atoms with Crippen LogP contribution in [-0.4, -0.2) is 25.7 Å². The molecule has 2 aromatic rings. The zero-order chi connectivity index (χ0) is 17.2. The Morgan fingerprint density at radius 1 is 1.08 bits per heavy atom. The molecule has 0 fully saturated rings. The Bertz CT molecular complexity index is 643. The number of amides is 1. The minimum absolute atomic E-state index is 0.0740. The first-order chi connectivity index (χ1) is 11.7. The molecule has 128 valence electrons. The molecule has 0 aromatic heterocycles. The highest BCUT2D eigenvalue weighted by Crippen LogP contribution is 2.22. The van der Waals surface area contributed by atoms with Crippen molar-refractivity contribution in [2.75, 3.05) is 19.8 Å². The van der Waals surface area contributed by atoms with E-state index in [2.05, 4.69) is 24.4 Å². The van der Waals surface area contributed by atoms with Crippen LogP contribution < -0.4 is 14.8 Å². The van der Waals surface area contributed by atoms with E-state index in [9.17, 15) is 4.79 Å². The van der Waals surface area contributed by atoms with Crippen LogP contribution in [0.4, 0.5) is 0 Å². The number of ether oxygens (including phenoxy) is 2. The van der Waals surface area contributed by atoms with Crippen molar-refractivity contribution >= 4 is 17.5 Å². The second-order valence-corrected chi connectivity index (χ2v) is 5.72. The Hall–Kier alpha value is -2.20. The van der Waals surface area contributed by atoms with Gasteiger partial charge in [0.25, 0.3) is 5.91 Å². The molecule has 0 heterocycles. The number of hydrogen-bond acceptors (Lipinski definition) is 3. The maximum Gasteiger partial charge on any atom is 0.258 e. The summed E-state index contributed by atoms with van der Waals surface area (Å²) in [4.78, 5) is 11.7. The molecule has 24 heavy (non-hydrogen) atoms. The molecule has 0 bridgehead atoms. The van der Waals surface area contributed by atoms with Crippen molar-refractivity contribution in [2.24, 2.45) is 0 Å². The second-order valence-electron chi connectivity index (χ2n) is 5.31. The van der Waals surface area contributed by atoms with E-state index in [1.165, 1.54) is 5.56 Å². The predicted molar refractivity (Wildman–Crippen MR) is 95.9 cm³/mol. The fourth-order valence-corrected chi connectivity index (χ4v) is 2.35. The molecule has 5 heteroatoms. The lowest BCUT2D eigenvalue weighted by Crippen LogP contribution is -2.32. The summed E-state index contributed by atoms with van der Waals surface area (Å²) in [6.45, 7) is 2.91. The van der Waals surface area contributed by atoms with Crippen LogP contribution in [0.1, 0.15) is 18.9 Å². The SMILES string of the molecule is CCCc1ccc(OCCNC(=O)COc2ccccc2Cl)cc1. The van der Waals surface area contributed by atoms with E-state index in [0.29, 0.717) is 23.9 Å². The van der Waals surface area contributed by atoms with Crippen molar-refractivity contribution in [3.63, 3.8) is 0 Å². The molecule has 0 aliphatic rings. The highest BCUT2D eigenvalue weighted by Gasteiger charge is 2.05. The average molecular weight is 348 g/mol. The molecular weight excluding hydrogens is 326 g/mol. The van der Waals surface area contributed by atoms with Crippen molar-refractivity contribution in [3.8, 4) is 11.5 Å². The van der Waals surface area contributed by atoms with Crippen LogP contribution in [0.3, 0.4) is 0 Å². The number of rotatable bonds is 9. The summed E-state index contributed by atoms with van der Waals surface area (Å²) >= 11 is 5.96. The van der Waals surface area contributed by atoms with Crippen molar-refractivity contribution in [2.45, 2.75) is 19.8 Å². The first-order valence-electron chi connectivity index (χ1n) is 8.05. The molecule has 0 aliphatic heterocycles. The lowest BCUT2D eigenvalue weighted by molar-refractivity contribution is -0.123. The monoisotopic (exact) mass is 347 g/mol. The third-order valence-corrected chi connectivity index (χ3v) is 3.66. The summed E-state index contributed by atoms with van der Waals surface area (Å²) in [6.07, 6.45) is 2.20. The van der Waals surface area contributed by atoms with Gasteiger partial charge in [0.2, 0.25) is 0 Å². The maximum absolute atomic E-state index is 11.7. The Balaban J connectivity index is 1.63. The van der Waals surface area contributed by atoms with E-state index >= 15 is 0 Å². The van der Waals surface area contributed by atoms with Crippen LogP contribution >= 0.6 is 11.6 Å². The van der Waals surface area contributed by atoms with Crippen LogP contribution in [0.2, 0.25) is 5.02 Å². The van der Waals surface area contributed by atoms with Gasteiger partial charge in [0.05, 0.1) is 11.6 Å². The fraction of sp³-hybridized carbons (Fsp3) is 0.316. The zero-order valence-corrected chi connectivity index (χ0v) is 14.5. The molecule has 0 atom stereocenters. The molecule has 0 unspecified atom stereocenters. The Morgan fingerprint density at radius 2 is 1.83 bits per heavy atom. The van der Waals surface area contributed by atoms with E-state index in [-0.39, 0.29) is 12.5 Å². The topological polar surface area (TPSA) is 47.6 Å². The van der Waals surface area contributed by atoms with Crippen molar-refractivity contribution in [3.05, 3.63) is 59.1 Å². The van der Waals surface area contributed by atoms with Gasteiger partial charge in [-0.25, -0.2) is 0 Å². The number of carbonyl (C=O) groups is 1. The van der Waals surface area contributed by atoms with Crippen molar-refractivity contribution in [1.82, 2.24) is 5.32 Å². The van der Waals surface area contributed by atoms with Gasteiger partial charge in [-0.1, -0.05) is 49.2 Å². The molecule has 1 amide bonds. The zero-order valence-electron chi connectivity index (χ0n) is 13.8. The molecule has 0 spiro atoms. The van der Waals surface area contributed by atoms with Gasteiger partial charge in [0.15, 0.2) is 6.61 Å². The molecule has 2 rings (SSSR count). The highest BCUT2D eigenvalue weighted by atomic mass is 35.5. The average Bonchev–Trinajstić information content (AvgIpc) is 2.60. The Kier molecular flexibility index (Phi) is 7.43. The van der Waals surface area contributed by atoms with E-state index in [1.54, 1.807) is 24.3 Å². The van der Waals surface area contributed by atoms with Gasteiger partial charge in [-0.3, -0.25) is 4.79 Å². The minimum atomic E-state index is -0.211. The molecule has 0 aliphatic carbocycles. The molecule has 1 N–H and O–H groups in total. The van der Waals surface area contributed by atoms with Gasteiger partial charge < -0.3 is 14.8 Å². The maximum atomic E-state index is 11.7. The molecule has 2 aromatic carbocycles. The summed E-state index contributed by atoms with van der Waals surface area (Å²) in [5.41, 5.74) is 1.30. The molecule has 0 saturated heterocycles. The molecule has 0 radical (unpaired) electrons. The number of carbonyl (C=O) groups excluding carboxylic acids is 1. The van der Waals surface area contributed by atoms with E-state index < -0.39 is 0 Å². The molecule has 0 saturated carbocycles. The van der Waals surface area contributed by atoms with E-state index in [0.717, 1.165) is 18.6 Å². The van der Waals surface area contributed by atoms with E-state index in [4.69, 9.17) is 21.1 Å². The number of benzene rings is 2.